The lowest BCUT2D eigenvalue weighted by atomic mass is 10.1. The van der Waals surface area contributed by atoms with Gasteiger partial charge >= 0.3 is 0 Å². The second kappa shape index (κ2) is 9.40. The lowest BCUT2D eigenvalue weighted by Crippen LogP contribution is -2.37. The SMILES string of the molecule is COc1c(OCCCN2CCOCC2)ccc(C2=NCCN2)c1NC=O. The van der Waals surface area contributed by atoms with Gasteiger partial charge in [-0.15, -0.1) is 0 Å². The van der Waals surface area contributed by atoms with Gasteiger partial charge in [0.2, 0.25) is 6.41 Å². The molecule has 1 aromatic carbocycles. The molecule has 1 fully saturated rings. The molecule has 0 aliphatic carbocycles. The van der Waals surface area contributed by atoms with Gasteiger partial charge in [-0.25, -0.2) is 0 Å². The molecule has 2 N–H and O–H groups in total. The molecule has 0 radical (unpaired) electrons. The van der Waals surface area contributed by atoms with Crippen molar-refractivity contribution >= 4 is 17.9 Å². The third-order valence-electron chi connectivity index (χ3n) is 4.44. The predicted molar refractivity (Wildman–Crippen MR) is 99.5 cm³/mol. The molecule has 8 nitrogen and oxygen atoms in total. The summed E-state index contributed by atoms with van der Waals surface area (Å²) in [6, 6.07) is 3.75. The fraction of sp³-hybridized carbons (Fsp3) is 0.556. The van der Waals surface area contributed by atoms with Gasteiger partial charge in [0.1, 0.15) is 5.84 Å². The van der Waals surface area contributed by atoms with E-state index in [9.17, 15) is 4.79 Å². The average molecular weight is 362 g/mol. The van der Waals surface area contributed by atoms with Crippen molar-refractivity contribution in [2.24, 2.45) is 4.99 Å². The highest BCUT2D eigenvalue weighted by Gasteiger charge is 2.20. The standard InChI is InChI=1S/C18H26N4O4/c1-24-17-15(26-10-2-7-22-8-11-25-12-9-22)4-3-14(16(17)21-13-23)18-19-5-6-20-18/h3-4,13H,2,5-12H2,1H3,(H,19,20)(H,21,23). The van der Waals surface area contributed by atoms with E-state index in [0.717, 1.165) is 63.8 Å². The van der Waals surface area contributed by atoms with Gasteiger partial charge in [0.25, 0.3) is 0 Å². The second-order valence-electron chi connectivity index (χ2n) is 6.09. The van der Waals surface area contributed by atoms with Crippen molar-refractivity contribution in [3.05, 3.63) is 17.7 Å². The van der Waals surface area contributed by atoms with Crippen LogP contribution in [0.15, 0.2) is 17.1 Å². The molecule has 142 valence electrons. The van der Waals surface area contributed by atoms with E-state index in [1.54, 1.807) is 7.11 Å². The zero-order chi connectivity index (χ0) is 18.2. The van der Waals surface area contributed by atoms with Gasteiger partial charge in [0.15, 0.2) is 11.5 Å². The number of ether oxygens (including phenoxy) is 3. The largest absolute Gasteiger partial charge is 0.491 e. The Morgan fingerprint density at radius 3 is 2.92 bits per heavy atom. The summed E-state index contributed by atoms with van der Waals surface area (Å²) in [7, 11) is 1.57. The summed E-state index contributed by atoms with van der Waals surface area (Å²) in [4.78, 5) is 17.9. The van der Waals surface area contributed by atoms with Gasteiger partial charge in [0, 0.05) is 31.7 Å². The number of nitrogens with zero attached hydrogens (tertiary/aromatic N) is 2. The number of morpholine rings is 1. The third-order valence-corrected chi connectivity index (χ3v) is 4.44. The number of methoxy groups -OCH3 is 1. The van der Waals surface area contributed by atoms with Crippen molar-refractivity contribution in [2.75, 3.05) is 65.0 Å². The van der Waals surface area contributed by atoms with Crippen LogP contribution in [0.3, 0.4) is 0 Å². The molecule has 1 saturated heterocycles. The number of amides is 1. The van der Waals surface area contributed by atoms with Crippen LogP contribution in [0.2, 0.25) is 0 Å². The molecule has 0 atom stereocenters. The van der Waals surface area contributed by atoms with Crippen LogP contribution in [0, 0.1) is 0 Å². The van der Waals surface area contributed by atoms with Crippen molar-refractivity contribution in [3.63, 3.8) is 0 Å². The number of carbonyl (C=O) groups is 1. The van der Waals surface area contributed by atoms with Gasteiger partial charge in [-0.05, 0) is 18.6 Å². The van der Waals surface area contributed by atoms with Crippen molar-refractivity contribution in [1.82, 2.24) is 10.2 Å². The normalized spacial score (nSPS) is 17.3. The molecule has 26 heavy (non-hydrogen) atoms. The van der Waals surface area contributed by atoms with Crippen LogP contribution in [0.4, 0.5) is 5.69 Å². The quantitative estimate of drug-likeness (QED) is 0.497. The lowest BCUT2D eigenvalue weighted by molar-refractivity contribution is -0.105. The molecule has 3 rings (SSSR count). The van der Waals surface area contributed by atoms with E-state index in [0.29, 0.717) is 30.2 Å². The fourth-order valence-electron chi connectivity index (χ4n) is 3.15. The highest BCUT2D eigenvalue weighted by atomic mass is 16.5. The molecule has 0 aromatic heterocycles. The Balaban J connectivity index is 1.66. The first-order valence-electron chi connectivity index (χ1n) is 8.96. The monoisotopic (exact) mass is 362 g/mol. The van der Waals surface area contributed by atoms with Crippen LogP contribution < -0.4 is 20.1 Å². The minimum atomic E-state index is 0.511. The maximum atomic E-state index is 11.1. The number of nitrogens with one attached hydrogen (secondary N) is 2. The summed E-state index contributed by atoms with van der Waals surface area (Å²) in [6.07, 6.45) is 1.55. The number of rotatable bonds is 9. The first-order valence-corrected chi connectivity index (χ1v) is 8.96. The molecule has 0 unspecified atom stereocenters. The summed E-state index contributed by atoms with van der Waals surface area (Å²) in [5, 5.41) is 5.94. The van der Waals surface area contributed by atoms with Gasteiger partial charge in [0.05, 0.1) is 39.2 Å². The van der Waals surface area contributed by atoms with E-state index < -0.39 is 0 Å². The molecule has 2 aliphatic heterocycles. The van der Waals surface area contributed by atoms with Crippen molar-refractivity contribution < 1.29 is 19.0 Å². The number of amidine groups is 1. The maximum absolute atomic E-state index is 11.1. The minimum Gasteiger partial charge on any atom is -0.491 e. The zero-order valence-electron chi connectivity index (χ0n) is 15.1. The molecule has 0 bridgehead atoms. The Morgan fingerprint density at radius 2 is 2.23 bits per heavy atom. The fourth-order valence-corrected chi connectivity index (χ4v) is 3.15. The van der Waals surface area contributed by atoms with Crippen LogP contribution in [0.25, 0.3) is 0 Å². The molecule has 0 spiro atoms. The Labute approximate surface area is 153 Å². The first kappa shape index (κ1) is 18.5. The maximum Gasteiger partial charge on any atom is 0.211 e. The second-order valence-corrected chi connectivity index (χ2v) is 6.09. The Hall–Kier alpha value is -2.32. The topological polar surface area (TPSA) is 84.4 Å². The Bertz CT molecular complexity index is 644. The van der Waals surface area contributed by atoms with Crippen LogP contribution in [-0.2, 0) is 9.53 Å². The highest BCUT2D eigenvalue weighted by molar-refractivity contribution is 6.07. The lowest BCUT2D eigenvalue weighted by Gasteiger charge is -2.26. The number of carbonyl (C=O) groups excluding carboxylic acids is 1. The highest BCUT2D eigenvalue weighted by Crippen LogP contribution is 2.38. The van der Waals surface area contributed by atoms with Crippen molar-refractivity contribution in [2.45, 2.75) is 6.42 Å². The van der Waals surface area contributed by atoms with Crippen molar-refractivity contribution in [3.8, 4) is 11.5 Å². The van der Waals surface area contributed by atoms with Crippen LogP contribution in [-0.4, -0.2) is 76.8 Å². The molecule has 1 aromatic rings. The van der Waals surface area contributed by atoms with E-state index in [4.69, 9.17) is 14.2 Å². The number of hydrogen-bond acceptors (Lipinski definition) is 7. The van der Waals surface area contributed by atoms with Crippen LogP contribution in [0.1, 0.15) is 12.0 Å². The van der Waals surface area contributed by atoms with Crippen LogP contribution >= 0.6 is 0 Å². The smallest absolute Gasteiger partial charge is 0.211 e. The summed E-state index contributed by atoms with van der Waals surface area (Å²) >= 11 is 0. The summed E-state index contributed by atoms with van der Waals surface area (Å²) in [5.74, 6) is 1.88. The number of benzene rings is 1. The Kier molecular flexibility index (Phi) is 6.68. The van der Waals surface area contributed by atoms with E-state index in [2.05, 4.69) is 20.5 Å². The molecule has 2 aliphatic rings. The van der Waals surface area contributed by atoms with E-state index in [1.165, 1.54) is 0 Å². The van der Waals surface area contributed by atoms with E-state index in [1.807, 2.05) is 12.1 Å². The first-order chi connectivity index (χ1) is 12.8. The minimum absolute atomic E-state index is 0.511. The predicted octanol–water partition coefficient (Wildman–Crippen LogP) is 0.714. The summed E-state index contributed by atoms with van der Waals surface area (Å²) in [6.45, 7) is 6.61. The van der Waals surface area contributed by atoms with Gasteiger partial charge in [-0.3, -0.25) is 14.7 Å². The van der Waals surface area contributed by atoms with E-state index in [-0.39, 0.29) is 0 Å². The van der Waals surface area contributed by atoms with Crippen molar-refractivity contribution in [1.29, 1.82) is 0 Å². The summed E-state index contributed by atoms with van der Waals surface area (Å²) in [5.41, 5.74) is 1.37. The van der Waals surface area contributed by atoms with Gasteiger partial charge in [-0.1, -0.05) is 0 Å². The van der Waals surface area contributed by atoms with E-state index >= 15 is 0 Å². The number of aliphatic imine (C=N–C) groups is 1. The van der Waals surface area contributed by atoms with Gasteiger partial charge < -0.3 is 24.8 Å². The molecular formula is C18H26N4O4. The molecule has 0 saturated carbocycles. The number of hydrogen-bond donors (Lipinski definition) is 2. The van der Waals surface area contributed by atoms with Crippen LogP contribution in [0.5, 0.6) is 11.5 Å². The molecule has 8 heteroatoms. The molecular weight excluding hydrogens is 336 g/mol. The number of anilines is 1. The van der Waals surface area contributed by atoms with Gasteiger partial charge in [-0.2, -0.15) is 0 Å². The summed E-state index contributed by atoms with van der Waals surface area (Å²) < 4.78 is 16.8. The Morgan fingerprint density at radius 1 is 1.38 bits per heavy atom. The zero-order valence-corrected chi connectivity index (χ0v) is 15.1. The third kappa shape index (κ3) is 4.44. The molecule has 2 heterocycles. The molecule has 1 amide bonds. The average Bonchev–Trinajstić information content (AvgIpc) is 3.21.